The quantitative estimate of drug-likeness (QED) is 0.880. The molecule has 2 rings (SSSR count). The predicted molar refractivity (Wildman–Crippen MR) is 74.7 cm³/mol. The van der Waals surface area contributed by atoms with E-state index in [9.17, 15) is 8.42 Å². The van der Waals surface area contributed by atoms with E-state index in [0.29, 0.717) is 0 Å². The summed E-state index contributed by atoms with van der Waals surface area (Å²) in [6, 6.07) is 2.01. The van der Waals surface area contributed by atoms with Gasteiger partial charge in [0.05, 0.1) is 6.26 Å². The van der Waals surface area contributed by atoms with Crippen molar-refractivity contribution in [3.8, 4) is 0 Å². The Hall–Kier alpha value is -1.21. The summed E-state index contributed by atoms with van der Waals surface area (Å²) in [4.78, 5) is 10.9. The van der Waals surface area contributed by atoms with Crippen molar-refractivity contribution in [3.05, 3.63) is 17.6 Å². The lowest BCUT2D eigenvalue weighted by atomic mass is 10.1. The average Bonchev–Trinajstić information content (AvgIpc) is 2.26. The first-order valence-corrected chi connectivity index (χ1v) is 8.27. The molecule has 1 fully saturated rings. The maximum Gasteiger partial charge on any atom is 0.208 e. The van der Waals surface area contributed by atoms with Crippen molar-refractivity contribution >= 4 is 15.8 Å². The van der Waals surface area contributed by atoms with Gasteiger partial charge in [-0.2, -0.15) is 0 Å². The summed E-state index contributed by atoms with van der Waals surface area (Å²) in [5.41, 5.74) is 0.957. The fraction of sp³-hybridized carbons (Fsp3) is 0.667. The molecular formula is C12H20N4O2S. The van der Waals surface area contributed by atoms with Crippen LogP contribution in [0.15, 0.2) is 6.07 Å². The predicted octanol–water partition coefficient (Wildman–Crippen LogP) is 0.611. The van der Waals surface area contributed by atoms with Crippen LogP contribution in [-0.4, -0.2) is 43.8 Å². The molecule has 0 aliphatic carbocycles. The molecule has 7 heteroatoms. The van der Waals surface area contributed by atoms with Crippen molar-refractivity contribution in [3.63, 3.8) is 0 Å². The van der Waals surface area contributed by atoms with Gasteiger partial charge in [-0.05, 0) is 26.7 Å². The second kappa shape index (κ2) is 5.42. The second-order valence-electron chi connectivity index (χ2n) is 5.07. The van der Waals surface area contributed by atoms with E-state index >= 15 is 0 Å². The maximum atomic E-state index is 11.2. The Kier molecular flexibility index (Phi) is 4.05. The first kappa shape index (κ1) is 14.2. The molecule has 0 unspecified atom stereocenters. The van der Waals surface area contributed by atoms with E-state index < -0.39 is 10.0 Å². The molecule has 1 N–H and O–H groups in total. The van der Waals surface area contributed by atoms with E-state index in [1.807, 2.05) is 19.9 Å². The largest absolute Gasteiger partial charge is 0.356 e. The number of rotatable bonds is 3. The molecule has 1 aromatic rings. The van der Waals surface area contributed by atoms with Crippen LogP contribution in [0.5, 0.6) is 0 Å². The Balaban J connectivity index is 2.00. The minimum atomic E-state index is -3.11. The van der Waals surface area contributed by atoms with E-state index in [1.165, 1.54) is 6.26 Å². The van der Waals surface area contributed by atoms with E-state index in [0.717, 1.165) is 43.3 Å². The van der Waals surface area contributed by atoms with Crippen LogP contribution in [0.1, 0.15) is 24.4 Å². The molecule has 1 aliphatic rings. The highest BCUT2D eigenvalue weighted by molar-refractivity contribution is 7.88. The third kappa shape index (κ3) is 4.14. The molecule has 0 radical (unpaired) electrons. The Morgan fingerprint density at radius 1 is 1.26 bits per heavy atom. The summed E-state index contributed by atoms with van der Waals surface area (Å²) in [5.74, 6) is 1.70. The van der Waals surface area contributed by atoms with E-state index in [-0.39, 0.29) is 6.04 Å². The monoisotopic (exact) mass is 284 g/mol. The summed E-state index contributed by atoms with van der Waals surface area (Å²) in [7, 11) is -3.11. The van der Waals surface area contributed by atoms with Gasteiger partial charge in [-0.15, -0.1) is 0 Å². The van der Waals surface area contributed by atoms with Gasteiger partial charge in [0, 0.05) is 30.9 Å². The van der Waals surface area contributed by atoms with Gasteiger partial charge >= 0.3 is 0 Å². The Morgan fingerprint density at radius 3 is 2.42 bits per heavy atom. The maximum absolute atomic E-state index is 11.2. The number of piperidine rings is 1. The number of anilines is 1. The van der Waals surface area contributed by atoms with Crippen LogP contribution in [0.4, 0.5) is 5.82 Å². The van der Waals surface area contributed by atoms with Crippen molar-refractivity contribution in [2.24, 2.45) is 0 Å². The number of nitrogens with zero attached hydrogens (tertiary/aromatic N) is 3. The number of hydrogen-bond acceptors (Lipinski definition) is 5. The minimum Gasteiger partial charge on any atom is -0.356 e. The summed E-state index contributed by atoms with van der Waals surface area (Å²) >= 11 is 0. The summed E-state index contributed by atoms with van der Waals surface area (Å²) in [6.07, 6.45) is 2.81. The molecule has 0 spiro atoms. The minimum absolute atomic E-state index is 0.0373. The molecule has 1 aromatic heterocycles. The SMILES string of the molecule is Cc1cc(N2CCC(NS(C)(=O)=O)CC2)nc(C)n1. The highest BCUT2D eigenvalue weighted by Gasteiger charge is 2.22. The van der Waals surface area contributed by atoms with Crippen LogP contribution in [-0.2, 0) is 10.0 Å². The third-order valence-electron chi connectivity index (χ3n) is 3.15. The van der Waals surface area contributed by atoms with Gasteiger partial charge in [0.1, 0.15) is 11.6 Å². The number of nitrogens with one attached hydrogen (secondary N) is 1. The van der Waals surface area contributed by atoms with Gasteiger partial charge in [-0.1, -0.05) is 0 Å². The molecule has 6 nitrogen and oxygen atoms in total. The van der Waals surface area contributed by atoms with Crippen molar-refractivity contribution in [1.29, 1.82) is 0 Å². The van der Waals surface area contributed by atoms with Crippen molar-refractivity contribution in [2.75, 3.05) is 24.2 Å². The molecular weight excluding hydrogens is 264 g/mol. The van der Waals surface area contributed by atoms with Crippen LogP contribution < -0.4 is 9.62 Å². The van der Waals surface area contributed by atoms with E-state index in [2.05, 4.69) is 19.6 Å². The molecule has 0 amide bonds. The molecule has 106 valence electrons. The summed E-state index contributed by atoms with van der Waals surface area (Å²) in [5, 5.41) is 0. The van der Waals surface area contributed by atoms with Crippen LogP contribution in [0.3, 0.4) is 0 Å². The van der Waals surface area contributed by atoms with Gasteiger partial charge in [-0.25, -0.2) is 23.1 Å². The number of aryl methyl sites for hydroxylation is 2. The van der Waals surface area contributed by atoms with E-state index in [4.69, 9.17) is 0 Å². The molecule has 1 aliphatic heterocycles. The zero-order chi connectivity index (χ0) is 14.0. The average molecular weight is 284 g/mol. The molecule has 1 saturated heterocycles. The zero-order valence-corrected chi connectivity index (χ0v) is 12.4. The van der Waals surface area contributed by atoms with Gasteiger partial charge in [0.2, 0.25) is 10.0 Å². The van der Waals surface area contributed by atoms with Gasteiger partial charge in [0.25, 0.3) is 0 Å². The molecule has 2 heterocycles. The third-order valence-corrected chi connectivity index (χ3v) is 3.91. The number of aromatic nitrogens is 2. The lowest BCUT2D eigenvalue weighted by Crippen LogP contribution is -2.44. The van der Waals surface area contributed by atoms with Crippen LogP contribution in [0.2, 0.25) is 0 Å². The topological polar surface area (TPSA) is 75.2 Å². The second-order valence-corrected chi connectivity index (χ2v) is 6.85. The number of hydrogen-bond donors (Lipinski definition) is 1. The fourth-order valence-electron chi connectivity index (χ4n) is 2.39. The zero-order valence-electron chi connectivity index (χ0n) is 11.5. The molecule has 19 heavy (non-hydrogen) atoms. The van der Waals surface area contributed by atoms with Crippen LogP contribution in [0.25, 0.3) is 0 Å². The van der Waals surface area contributed by atoms with Crippen molar-refractivity contribution in [2.45, 2.75) is 32.7 Å². The lowest BCUT2D eigenvalue weighted by Gasteiger charge is -2.32. The van der Waals surface area contributed by atoms with Crippen molar-refractivity contribution < 1.29 is 8.42 Å². The highest BCUT2D eigenvalue weighted by Crippen LogP contribution is 2.19. The fourth-order valence-corrected chi connectivity index (χ4v) is 3.23. The van der Waals surface area contributed by atoms with E-state index in [1.54, 1.807) is 0 Å². The Morgan fingerprint density at radius 2 is 1.89 bits per heavy atom. The van der Waals surface area contributed by atoms with Crippen LogP contribution in [0, 0.1) is 13.8 Å². The number of sulfonamides is 1. The van der Waals surface area contributed by atoms with Gasteiger partial charge < -0.3 is 4.90 Å². The molecule has 0 bridgehead atoms. The molecule has 0 aromatic carbocycles. The Bertz CT molecular complexity index is 531. The lowest BCUT2D eigenvalue weighted by molar-refractivity contribution is 0.459. The van der Waals surface area contributed by atoms with Crippen LogP contribution >= 0.6 is 0 Å². The first-order valence-electron chi connectivity index (χ1n) is 6.38. The first-order chi connectivity index (χ1) is 8.83. The highest BCUT2D eigenvalue weighted by atomic mass is 32.2. The Labute approximate surface area is 114 Å². The standard InChI is InChI=1S/C12H20N4O2S/c1-9-8-12(14-10(2)13-9)16-6-4-11(5-7-16)15-19(3,17)18/h8,11,15H,4-7H2,1-3H3. The molecule has 0 atom stereocenters. The normalized spacial score (nSPS) is 17.7. The van der Waals surface area contributed by atoms with Crippen molar-refractivity contribution in [1.82, 2.24) is 14.7 Å². The van der Waals surface area contributed by atoms with Gasteiger partial charge in [0.15, 0.2) is 0 Å². The summed E-state index contributed by atoms with van der Waals surface area (Å²) in [6.45, 7) is 5.46. The molecule has 0 saturated carbocycles. The van der Waals surface area contributed by atoms with Gasteiger partial charge in [-0.3, -0.25) is 0 Å². The summed E-state index contributed by atoms with van der Waals surface area (Å²) < 4.78 is 25.1. The smallest absolute Gasteiger partial charge is 0.208 e.